The van der Waals surface area contributed by atoms with Crippen LogP contribution >= 0.6 is 34.8 Å². The van der Waals surface area contributed by atoms with E-state index in [1.165, 1.54) is 0 Å². The molecule has 0 radical (unpaired) electrons. The topological polar surface area (TPSA) is 9.23 Å². The van der Waals surface area contributed by atoms with Crippen molar-refractivity contribution in [1.29, 1.82) is 0 Å². The fraction of sp³-hybridized carbons (Fsp3) is 0.0769. The van der Waals surface area contributed by atoms with Crippen molar-refractivity contribution in [3.63, 3.8) is 0 Å². The van der Waals surface area contributed by atoms with Crippen molar-refractivity contribution in [2.75, 3.05) is 7.11 Å². The van der Waals surface area contributed by atoms with E-state index < -0.39 is 0 Å². The van der Waals surface area contributed by atoms with Crippen molar-refractivity contribution >= 4 is 34.8 Å². The first-order valence-corrected chi connectivity index (χ1v) is 6.05. The van der Waals surface area contributed by atoms with E-state index in [1.807, 2.05) is 24.3 Å². The number of rotatable bonds is 2. The van der Waals surface area contributed by atoms with Gasteiger partial charge in [0, 0.05) is 5.56 Å². The number of benzene rings is 2. The molecule has 0 unspecified atom stereocenters. The van der Waals surface area contributed by atoms with Gasteiger partial charge in [-0.3, -0.25) is 0 Å². The van der Waals surface area contributed by atoms with Gasteiger partial charge in [0.15, 0.2) is 0 Å². The summed E-state index contributed by atoms with van der Waals surface area (Å²) in [5.74, 6) is 0.611. The Morgan fingerprint density at radius 3 is 2.41 bits per heavy atom. The second kappa shape index (κ2) is 5.18. The zero-order valence-corrected chi connectivity index (χ0v) is 11.3. The van der Waals surface area contributed by atoms with E-state index in [0.717, 1.165) is 11.1 Å². The number of halogens is 3. The molecule has 1 nitrogen and oxygen atoms in total. The number of methoxy groups -OCH3 is 1. The van der Waals surface area contributed by atoms with E-state index in [9.17, 15) is 0 Å². The summed E-state index contributed by atoms with van der Waals surface area (Å²) in [4.78, 5) is 0. The van der Waals surface area contributed by atoms with E-state index in [1.54, 1.807) is 19.2 Å². The van der Waals surface area contributed by atoms with Gasteiger partial charge in [-0.1, -0.05) is 53.0 Å². The molecule has 88 valence electrons. The monoisotopic (exact) mass is 286 g/mol. The predicted octanol–water partition coefficient (Wildman–Crippen LogP) is 5.32. The minimum atomic E-state index is 0.526. The van der Waals surface area contributed by atoms with Gasteiger partial charge in [0.1, 0.15) is 5.75 Å². The third-order valence-corrected chi connectivity index (χ3v) is 3.54. The van der Waals surface area contributed by atoms with Gasteiger partial charge in [-0.25, -0.2) is 0 Å². The molecule has 0 aromatic heterocycles. The summed E-state index contributed by atoms with van der Waals surface area (Å²) in [6.07, 6.45) is 0. The van der Waals surface area contributed by atoms with Crippen LogP contribution < -0.4 is 4.74 Å². The molecule has 0 fully saturated rings. The van der Waals surface area contributed by atoms with Crippen LogP contribution in [0.25, 0.3) is 11.1 Å². The summed E-state index contributed by atoms with van der Waals surface area (Å²) < 4.78 is 5.17. The van der Waals surface area contributed by atoms with Gasteiger partial charge in [-0.15, -0.1) is 0 Å². The largest absolute Gasteiger partial charge is 0.495 e. The summed E-state index contributed by atoms with van der Waals surface area (Å²) in [7, 11) is 1.57. The van der Waals surface area contributed by atoms with Crippen LogP contribution in [0.2, 0.25) is 15.1 Å². The molecule has 0 heterocycles. The Morgan fingerprint density at radius 2 is 1.71 bits per heavy atom. The van der Waals surface area contributed by atoms with Crippen molar-refractivity contribution in [3.05, 3.63) is 51.5 Å². The highest BCUT2D eigenvalue weighted by atomic mass is 35.5. The van der Waals surface area contributed by atoms with E-state index in [4.69, 9.17) is 39.5 Å². The van der Waals surface area contributed by atoms with Crippen molar-refractivity contribution in [3.8, 4) is 16.9 Å². The summed E-state index contributed by atoms with van der Waals surface area (Å²) in [5, 5.41) is 1.62. The second-order valence-electron chi connectivity index (χ2n) is 3.45. The van der Waals surface area contributed by atoms with Gasteiger partial charge in [-0.05, 0) is 23.8 Å². The van der Waals surface area contributed by atoms with Gasteiger partial charge >= 0.3 is 0 Å². The molecule has 0 N–H and O–H groups in total. The Morgan fingerprint density at radius 1 is 0.941 bits per heavy atom. The molecular formula is C13H9Cl3O. The summed E-state index contributed by atoms with van der Waals surface area (Å²) in [6, 6.07) is 11.0. The zero-order chi connectivity index (χ0) is 12.4. The quantitative estimate of drug-likeness (QED) is 0.726. The molecule has 0 aliphatic heterocycles. The van der Waals surface area contributed by atoms with Crippen molar-refractivity contribution in [2.45, 2.75) is 0 Å². The van der Waals surface area contributed by atoms with Crippen LogP contribution in [0.5, 0.6) is 5.75 Å². The van der Waals surface area contributed by atoms with Gasteiger partial charge in [0.2, 0.25) is 0 Å². The molecule has 17 heavy (non-hydrogen) atoms. The van der Waals surface area contributed by atoms with Crippen LogP contribution in [-0.4, -0.2) is 7.11 Å². The molecule has 0 saturated heterocycles. The lowest BCUT2D eigenvalue weighted by atomic mass is 10.1. The van der Waals surface area contributed by atoms with Crippen LogP contribution in [0.4, 0.5) is 0 Å². The first-order chi connectivity index (χ1) is 8.13. The Kier molecular flexibility index (Phi) is 3.82. The molecule has 2 rings (SSSR count). The van der Waals surface area contributed by atoms with E-state index in [0.29, 0.717) is 20.8 Å². The highest BCUT2D eigenvalue weighted by Gasteiger charge is 2.09. The third-order valence-electron chi connectivity index (χ3n) is 2.41. The first-order valence-electron chi connectivity index (χ1n) is 4.91. The molecule has 0 spiro atoms. The van der Waals surface area contributed by atoms with E-state index >= 15 is 0 Å². The van der Waals surface area contributed by atoms with E-state index in [-0.39, 0.29) is 0 Å². The first kappa shape index (κ1) is 12.6. The van der Waals surface area contributed by atoms with Gasteiger partial charge < -0.3 is 4.74 Å². The Labute approximate surface area is 115 Å². The third kappa shape index (κ3) is 2.52. The Balaban J connectivity index is 2.57. The van der Waals surface area contributed by atoms with Gasteiger partial charge in [0.25, 0.3) is 0 Å². The number of hydrogen-bond donors (Lipinski definition) is 0. The minimum absolute atomic E-state index is 0.526. The molecule has 0 amide bonds. The predicted molar refractivity (Wildman–Crippen MR) is 73.5 cm³/mol. The zero-order valence-electron chi connectivity index (χ0n) is 9.01. The lowest BCUT2D eigenvalue weighted by Gasteiger charge is -2.09. The molecule has 0 bridgehead atoms. The van der Waals surface area contributed by atoms with E-state index in [2.05, 4.69) is 0 Å². The average Bonchev–Trinajstić information content (AvgIpc) is 2.34. The average molecular weight is 288 g/mol. The molecule has 0 aliphatic rings. The molecule has 2 aromatic carbocycles. The maximum absolute atomic E-state index is 6.16. The van der Waals surface area contributed by atoms with Crippen LogP contribution in [0.15, 0.2) is 36.4 Å². The van der Waals surface area contributed by atoms with Crippen molar-refractivity contribution in [2.24, 2.45) is 0 Å². The number of ether oxygens (including phenoxy) is 1. The second-order valence-corrected chi connectivity index (χ2v) is 4.64. The molecule has 0 saturated carbocycles. The molecule has 0 atom stereocenters. The van der Waals surface area contributed by atoms with Gasteiger partial charge in [0.05, 0.1) is 22.2 Å². The SMILES string of the molecule is COc1cc(-c2cccc(Cl)c2Cl)ccc1Cl. The lowest BCUT2D eigenvalue weighted by molar-refractivity contribution is 0.415. The summed E-state index contributed by atoms with van der Waals surface area (Å²) in [5.41, 5.74) is 1.77. The Bertz CT molecular complexity index is 552. The van der Waals surface area contributed by atoms with Crippen LogP contribution in [-0.2, 0) is 0 Å². The van der Waals surface area contributed by atoms with Gasteiger partial charge in [-0.2, -0.15) is 0 Å². The maximum atomic E-state index is 6.16. The fourth-order valence-corrected chi connectivity index (χ4v) is 2.16. The molecule has 0 aliphatic carbocycles. The maximum Gasteiger partial charge on any atom is 0.138 e. The van der Waals surface area contributed by atoms with Crippen LogP contribution in [0, 0.1) is 0 Å². The fourth-order valence-electron chi connectivity index (χ4n) is 1.55. The Hall–Kier alpha value is -0.890. The standard InChI is InChI=1S/C13H9Cl3O/c1-17-12-7-8(5-6-10(12)14)9-3-2-4-11(15)13(9)16/h2-7H,1H3. The number of hydrogen-bond acceptors (Lipinski definition) is 1. The molecule has 2 aromatic rings. The van der Waals surface area contributed by atoms with Crippen LogP contribution in [0.3, 0.4) is 0 Å². The lowest BCUT2D eigenvalue weighted by Crippen LogP contribution is -1.86. The molecular weight excluding hydrogens is 279 g/mol. The highest BCUT2D eigenvalue weighted by Crippen LogP contribution is 2.36. The molecule has 4 heteroatoms. The minimum Gasteiger partial charge on any atom is -0.495 e. The smallest absolute Gasteiger partial charge is 0.138 e. The van der Waals surface area contributed by atoms with Crippen molar-refractivity contribution in [1.82, 2.24) is 0 Å². The highest BCUT2D eigenvalue weighted by molar-refractivity contribution is 6.43. The normalized spacial score (nSPS) is 10.4. The van der Waals surface area contributed by atoms with Crippen LogP contribution in [0.1, 0.15) is 0 Å². The summed E-state index contributed by atoms with van der Waals surface area (Å²) in [6.45, 7) is 0. The van der Waals surface area contributed by atoms with Crippen molar-refractivity contribution < 1.29 is 4.74 Å². The summed E-state index contributed by atoms with van der Waals surface area (Å²) >= 11 is 18.1.